The molecular weight excluding hydrogens is 254 g/mol. The van der Waals surface area contributed by atoms with Crippen LogP contribution in [0.3, 0.4) is 0 Å². The molecule has 0 aliphatic heterocycles. The van der Waals surface area contributed by atoms with Gasteiger partial charge in [-0.3, -0.25) is 4.79 Å². The first-order valence-electron chi connectivity index (χ1n) is 4.63. The molecule has 1 rings (SSSR count). The minimum atomic E-state index is -0.0981. The van der Waals surface area contributed by atoms with Crippen LogP contribution >= 0.6 is 15.9 Å². The Bertz CT molecular complexity index is 395. The number of halogens is 1. The number of hydrogen-bond acceptors (Lipinski definition) is 1. The number of rotatable bonds is 3. The summed E-state index contributed by atoms with van der Waals surface area (Å²) in [6.45, 7) is 1.88. The second-order valence-corrected chi connectivity index (χ2v) is 4.21. The van der Waals surface area contributed by atoms with Crippen LogP contribution in [0.5, 0.6) is 0 Å². The lowest BCUT2D eigenvalue weighted by Gasteiger charge is -2.10. The number of amides is 1. The number of terminal acetylenes is 1. The van der Waals surface area contributed by atoms with Crippen LogP contribution in [0.25, 0.3) is 0 Å². The van der Waals surface area contributed by atoms with Crippen LogP contribution in [-0.4, -0.2) is 11.9 Å². The minimum absolute atomic E-state index is 0.00137. The highest BCUT2D eigenvalue weighted by Crippen LogP contribution is 2.11. The van der Waals surface area contributed by atoms with Gasteiger partial charge in [0.25, 0.3) is 5.91 Å². The van der Waals surface area contributed by atoms with Crippen LogP contribution in [-0.2, 0) is 0 Å². The molecule has 0 aliphatic rings. The smallest absolute Gasteiger partial charge is 0.251 e. The van der Waals surface area contributed by atoms with Crippen molar-refractivity contribution in [1.29, 1.82) is 0 Å². The molecule has 0 bridgehead atoms. The number of nitrogens with one attached hydrogen (secondary N) is 1. The van der Waals surface area contributed by atoms with Crippen molar-refractivity contribution >= 4 is 21.8 Å². The van der Waals surface area contributed by atoms with Gasteiger partial charge in [-0.15, -0.1) is 12.3 Å². The second-order valence-electron chi connectivity index (χ2n) is 3.29. The molecule has 0 radical (unpaired) electrons. The summed E-state index contributed by atoms with van der Waals surface area (Å²) in [4.78, 5) is 11.7. The average molecular weight is 266 g/mol. The Morgan fingerprint density at radius 3 is 3.00 bits per heavy atom. The number of carbonyl (C=O) groups excluding carboxylic acids is 1. The highest BCUT2D eigenvalue weighted by molar-refractivity contribution is 9.10. The maximum Gasteiger partial charge on any atom is 0.251 e. The molecule has 1 aromatic carbocycles. The van der Waals surface area contributed by atoms with Crippen LogP contribution in [0, 0.1) is 12.3 Å². The average Bonchev–Trinajstić information content (AvgIpc) is 2.18. The molecule has 0 saturated carbocycles. The topological polar surface area (TPSA) is 29.1 Å². The number of benzene rings is 1. The lowest BCUT2D eigenvalue weighted by molar-refractivity contribution is 0.0941. The van der Waals surface area contributed by atoms with E-state index >= 15 is 0 Å². The summed E-state index contributed by atoms with van der Waals surface area (Å²) in [6, 6.07) is 7.24. The molecule has 1 amide bonds. The third-order valence-corrected chi connectivity index (χ3v) is 2.38. The van der Waals surface area contributed by atoms with Gasteiger partial charge in [-0.05, 0) is 25.1 Å². The molecule has 2 nitrogen and oxygen atoms in total. The van der Waals surface area contributed by atoms with Gasteiger partial charge in [-0.1, -0.05) is 22.0 Å². The van der Waals surface area contributed by atoms with E-state index in [9.17, 15) is 4.79 Å². The van der Waals surface area contributed by atoms with E-state index in [1.807, 2.05) is 19.1 Å². The summed E-state index contributed by atoms with van der Waals surface area (Å²) in [6.07, 6.45) is 5.70. The van der Waals surface area contributed by atoms with Gasteiger partial charge in [-0.25, -0.2) is 0 Å². The van der Waals surface area contributed by atoms with Crippen LogP contribution in [0.1, 0.15) is 23.7 Å². The summed E-state index contributed by atoms with van der Waals surface area (Å²) in [5, 5.41) is 2.82. The molecule has 1 unspecified atom stereocenters. The molecule has 1 aromatic rings. The first-order valence-corrected chi connectivity index (χ1v) is 5.42. The van der Waals surface area contributed by atoms with Crippen LogP contribution in [0.15, 0.2) is 28.7 Å². The van der Waals surface area contributed by atoms with Crippen molar-refractivity contribution in [2.45, 2.75) is 19.4 Å². The molecule has 0 fully saturated rings. The fourth-order valence-corrected chi connectivity index (χ4v) is 1.56. The van der Waals surface area contributed by atoms with Gasteiger partial charge in [0.1, 0.15) is 0 Å². The lowest BCUT2D eigenvalue weighted by atomic mass is 10.2. The first-order chi connectivity index (χ1) is 7.13. The molecule has 1 N–H and O–H groups in total. The van der Waals surface area contributed by atoms with Gasteiger partial charge in [0.2, 0.25) is 0 Å². The molecule has 0 spiro atoms. The normalized spacial score (nSPS) is 11.5. The monoisotopic (exact) mass is 265 g/mol. The zero-order valence-electron chi connectivity index (χ0n) is 8.46. The molecule has 3 heteroatoms. The van der Waals surface area contributed by atoms with Crippen molar-refractivity contribution in [3.05, 3.63) is 34.3 Å². The van der Waals surface area contributed by atoms with Crippen LogP contribution in [0.4, 0.5) is 0 Å². The molecule has 78 valence electrons. The third-order valence-electron chi connectivity index (χ3n) is 1.89. The van der Waals surface area contributed by atoms with Gasteiger partial charge in [0, 0.05) is 22.5 Å². The van der Waals surface area contributed by atoms with E-state index in [1.165, 1.54) is 0 Å². The minimum Gasteiger partial charge on any atom is -0.349 e. The van der Waals surface area contributed by atoms with Gasteiger partial charge in [0.05, 0.1) is 0 Å². The molecular formula is C12H12BrNO. The predicted molar refractivity (Wildman–Crippen MR) is 64.5 cm³/mol. The number of hydrogen-bond donors (Lipinski definition) is 1. The number of carbonyl (C=O) groups is 1. The maximum absolute atomic E-state index is 11.7. The first kappa shape index (κ1) is 11.8. The van der Waals surface area contributed by atoms with Crippen molar-refractivity contribution in [3.8, 4) is 12.3 Å². The Labute approximate surface area is 98.2 Å². The second kappa shape index (κ2) is 5.57. The Kier molecular flexibility index (Phi) is 4.38. The largest absolute Gasteiger partial charge is 0.349 e. The van der Waals surface area contributed by atoms with Crippen molar-refractivity contribution in [2.24, 2.45) is 0 Å². The molecule has 0 saturated heterocycles. The van der Waals surface area contributed by atoms with E-state index in [2.05, 4.69) is 27.2 Å². The van der Waals surface area contributed by atoms with Crippen LogP contribution in [0.2, 0.25) is 0 Å². The maximum atomic E-state index is 11.7. The standard InChI is InChI=1S/C12H12BrNO/c1-3-5-9(2)14-12(15)10-6-4-7-11(13)8-10/h1,4,6-9H,5H2,2H3,(H,14,15). The summed E-state index contributed by atoms with van der Waals surface area (Å²) >= 11 is 3.32. The highest BCUT2D eigenvalue weighted by atomic mass is 79.9. The predicted octanol–water partition coefficient (Wildman–Crippen LogP) is 2.59. The Morgan fingerprint density at radius 2 is 2.40 bits per heavy atom. The molecule has 1 atom stereocenters. The molecule has 0 aromatic heterocycles. The van der Waals surface area contributed by atoms with Gasteiger partial charge in [0.15, 0.2) is 0 Å². The van der Waals surface area contributed by atoms with E-state index in [1.54, 1.807) is 12.1 Å². The Morgan fingerprint density at radius 1 is 1.67 bits per heavy atom. The fourth-order valence-electron chi connectivity index (χ4n) is 1.16. The fraction of sp³-hybridized carbons (Fsp3) is 0.250. The SMILES string of the molecule is C#CCC(C)NC(=O)c1cccc(Br)c1. The van der Waals surface area contributed by atoms with E-state index in [0.717, 1.165) is 4.47 Å². The van der Waals surface area contributed by atoms with E-state index in [4.69, 9.17) is 6.42 Å². The van der Waals surface area contributed by atoms with Gasteiger partial charge >= 0.3 is 0 Å². The molecule has 0 aliphatic carbocycles. The zero-order valence-corrected chi connectivity index (χ0v) is 10.0. The van der Waals surface area contributed by atoms with E-state index < -0.39 is 0 Å². The van der Waals surface area contributed by atoms with E-state index in [-0.39, 0.29) is 11.9 Å². The van der Waals surface area contributed by atoms with Crippen molar-refractivity contribution in [2.75, 3.05) is 0 Å². The van der Waals surface area contributed by atoms with Crippen molar-refractivity contribution in [1.82, 2.24) is 5.32 Å². The summed E-state index contributed by atoms with van der Waals surface area (Å²) in [5.41, 5.74) is 0.633. The third kappa shape index (κ3) is 3.77. The molecule has 15 heavy (non-hydrogen) atoms. The van der Waals surface area contributed by atoms with E-state index in [0.29, 0.717) is 12.0 Å². The zero-order chi connectivity index (χ0) is 11.3. The Hall–Kier alpha value is -1.27. The van der Waals surface area contributed by atoms with Gasteiger partial charge in [-0.2, -0.15) is 0 Å². The quantitative estimate of drug-likeness (QED) is 0.837. The van der Waals surface area contributed by atoms with Crippen LogP contribution < -0.4 is 5.32 Å². The highest BCUT2D eigenvalue weighted by Gasteiger charge is 2.08. The lowest BCUT2D eigenvalue weighted by Crippen LogP contribution is -2.32. The van der Waals surface area contributed by atoms with Crippen molar-refractivity contribution < 1.29 is 4.79 Å². The summed E-state index contributed by atoms with van der Waals surface area (Å²) in [5.74, 6) is 2.41. The summed E-state index contributed by atoms with van der Waals surface area (Å²) in [7, 11) is 0. The molecule has 0 heterocycles. The van der Waals surface area contributed by atoms with Crippen molar-refractivity contribution in [3.63, 3.8) is 0 Å². The Balaban J connectivity index is 2.66. The van der Waals surface area contributed by atoms with Gasteiger partial charge < -0.3 is 5.32 Å². The summed E-state index contributed by atoms with van der Waals surface area (Å²) < 4.78 is 0.889.